The van der Waals surface area contributed by atoms with Crippen molar-refractivity contribution in [3.63, 3.8) is 0 Å². The summed E-state index contributed by atoms with van der Waals surface area (Å²) in [7, 11) is 1.87. The molecule has 0 aliphatic carbocycles. The molecule has 2 rings (SSSR count). The van der Waals surface area contributed by atoms with Gasteiger partial charge in [-0.05, 0) is 18.2 Å². The van der Waals surface area contributed by atoms with Gasteiger partial charge >= 0.3 is 12.1 Å². The zero-order valence-electron chi connectivity index (χ0n) is 18.1. The lowest BCUT2D eigenvalue weighted by molar-refractivity contribution is -0.183. The van der Waals surface area contributed by atoms with Gasteiger partial charge in [0.15, 0.2) is 0 Å². The van der Waals surface area contributed by atoms with E-state index in [1.165, 1.54) is 26.2 Å². The molecule has 1 amide bonds. The van der Waals surface area contributed by atoms with Crippen LogP contribution < -0.4 is 5.32 Å². The maximum Gasteiger partial charge on any atom is 0.394 e. The largest absolute Gasteiger partial charge is 0.469 e. The molecule has 13 heteroatoms. The highest BCUT2D eigenvalue weighted by Crippen LogP contribution is 2.28. The summed E-state index contributed by atoms with van der Waals surface area (Å²) in [6.45, 7) is -0.744. The van der Waals surface area contributed by atoms with Crippen molar-refractivity contribution in [1.29, 1.82) is 0 Å². The number of rotatable bonds is 9. The number of aryl methyl sites for hydroxylation is 2. The van der Waals surface area contributed by atoms with Crippen molar-refractivity contribution < 1.29 is 35.9 Å². The average molecular weight is 478 g/mol. The van der Waals surface area contributed by atoms with E-state index in [0.717, 1.165) is 11.4 Å². The normalized spacial score (nSPS) is 13.4. The fourth-order valence-electron chi connectivity index (χ4n) is 2.96. The monoisotopic (exact) mass is 478 g/mol. The first-order valence-corrected chi connectivity index (χ1v) is 11.0. The fraction of sp³-hybridized carbons (Fsp3) is 0.526. The van der Waals surface area contributed by atoms with E-state index in [-0.39, 0.29) is 17.7 Å². The molecule has 1 heterocycles. The van der Waals surface area contributed by atoms with Gasteiger partial charge in [-0.1, -0.05) is 0 Å². The maximum absolute atomic E-state index is 13.0. The molecule has 0 aliphatic heterocycles. The van der Waals surface area contributed by atoms with Gasteiger partial charge in [0.2, 0.25) is 15.9 Å². The van der Waals surface area contributed by atoms with Crippen LogP contribution in [0.1, 0.15) is 18.7 Å². The Morgan fingerprint density at radius 1 is 1.28 bits per heavy atom. The van der Waals surface area contributed by atoms with Gasteiger partial charge in [0, 0.05) is 40.5 Å². The van der Waals surface area contributed by atoms with Crippen molar-refractivity contribution in [3.05, 3.63) is 24.0 Å². The number of aromatic nitrogens is 2. The third-order valence-corrected chi connectivity index (χ3v) is 6.76. The Labute approximate surface area is 183 Å². The molecular formula is C19H25F3N4O5S. The lowest BCUT2D eigenvalue weighted by atomic mass is 10.1. The van der Waals surface area contributed by atoms with Crippen LogP contribution in [0, 0.1) is 5.92 Å². The first-order chi connectivity index (χ1) is 14.8. The lowest BCUT2D eigenvalue weighted by Crippen LogP contribution is -2.38. The number of nitrogens with one attached hydrogen (secondary N) is 1. The number of esters is 1. The number of ether oxygens (including phenoxy) is 1. The van der Waals surface area contributed by atoms with E-state index in [1.54, 1.807) is 17.7 Å². The van der Waals surface area contributed by atoms with Crippen molar-refractivity contribution in [1.82, 2.24) is 19.2 Å². The molecule has 9 nitrogen and oxygen atoms in total. The number of halogens is 3. The van der Waals surface area contributed by atoms with E-state index in [0.29, 0.717) is 16.9 Å². The number of alkyl halides is 3. The number of carbonyl (C=O) groups excluding carboxylic acids is 2. The second-order valence-electron chi connectivity index (χ2n) is 7.35. The molecule has 0 spiro atoms. The molecule has 0 saturated heterocycles. The molecule has 1 unspecified atom stereocenters. The number of benzene rings is 1. The van der Waals surface area contributed by atoms with Gasteiger partial charge in [-0.2, -0.15) is 13.2 Å². The van der Waals surface area contributed by atoms with Gasteiger partial charge < -0.3 is 14.6 Å². The Bertz CT molecular complexity index is 1100. The highest BCUT2D eigenvalue weighted by atomic mass is 32.2. The molecule has 1 atom stereocenters. The van der Waals surface area contributed by atoms with Crippen LogP contribution in [-0.4, -0.2) is 68.1 Å². The van der Waals surface area contributed by atoms with E-state index in [9.17, 15) is 31.2 Å². The maximum atomic E-state index is 13.0. The zero-order valence-corrected chi connectivity index (χ0v) is 18.9. The van der Waals surface area contributed by atoms with Gasteiger partial charge in [-0.3, -0.25) is 9.59 Å². The molecule has 32 heavy (non-hydrogen) atoms. The predicted octanol–water partition coefficient (Wildman–Crippen LogP) is 1.61. The number of imidazole rings is 1. The molecule has 0 saturated carbocycles. The highest BCUT2D eigenvalue weighted by Gasteiger charge is 2.41. The summed E-state index contributed by atoms with van der Waals surface area (Å²) < 4.78 is 70.7. The van der Waals surface area contributed by atoms with Crippen LogP contribution in [0.2, 0.25) is 0 Å². The Morgan fingerprint density at radius 3 is 2.50 bits per heavy atom. The molecule has 0 aliphatic rings. The molecule has 1 N–H and O–H groups in total. The number of methoxy groups -OCH3 is 1. The first kappa shape index (κ1) is 25.6. The Morgan fingerprint density at radius 2 is 1.94 bits per heavy atom. The quantitative estimate of drug-likeness (QED) is 0.549. The molecule has 1 aromatic carbocycles. The summed E-state index contributed by atoms with van der Waals surface area (Å²) >= 11 is 0. The molecule has 178 valence electrons. The molecular weight excluding hydrogens is 453 g/mol. The number of carbonyl (C=O) groups is 2. The summed E-state index contributed by atoms with van der Waals surface area (Å²) in [5.41, 5.74) is 1.06. The number of nitrogens with zero attached hydrogens (tertiary/aromatic N) is 3. The second kappa shape index (κ2) is 9.86. The van der Waals surface area contributed by atoms with E-state index in [1.807, 2.05) is 0 Å². The van der Waals surface area contributed by atoms with Crippen molar-refractivity contribution >= 4 is 32.9 Å². The fourth-order valence-corrected chi connectivity index (χ4v) is 3.89. The number of fused-ring (bicyclic) bond motifs is 1. The standard InChI is InChI=1S/C19H25F3N4O5S/c1-25(2)32(29,30)13-5-6-15-14(10-13)24-16(26(15)3)7-8-17(27)23-11-12(19(20,21)22)9-18(28)31-4/h5-6,10,12H,7-9,11H2,1-4H3,(H,23,27). The van der Waals surface area contributed by atoms with Crippen molar-refractivity contribution in [2.45, 2.75) is 30.3 Å². The van der Waals surface area contributed by atoms with E-state index < -0.39 is 47.0 Å². The minimum absolute atomic E-state index is 0.0705. The number of hydrogen-bond acceptors (Lipinski definition) is 6. The molecule has 1 aromatic heterocycles. The SMILES string of the molecule is COC(=O)CC(CNC(=O)CCc1nc2cc(S(=O)(=O)N(C)C)ccc2n1C)C(F)(F)F. The average Bonchev–Trinajstić information content (AvgIpc) is 3.03. The number of sulfonamides is 1. The third kappa shape index (κ3) is 5.97. The van der Waals surface area contributed by atoms with Crippen LogP contribution >= 0.6 is 0 Å². The minimum Gasteiger partial charge on any atom is -0.469 e. The Balaban J connectivity index is 2.06. The van der Waals surface area contributed by atoms with Gasteiger partial charge in [0.1, 0.15) is 5.82 Å². The topological polar surface area (TPSA) is 111 Å². The van der Waals surface area contributed by atoms with Gasteiger partial charge in [-0.25, -0.2) is 17.7 Å². The van der Waals surface area contributed by atoms with E-state index in [4.69, 9.17) is 0 Å². The van der Waals surface area contributed by atoms with Crippen LogP contribution in [0.5, 0.6) is 0 Å². The Kier molecular flexibility index (Phi) is 7.88. The molecule has 2 aromatic rings. The summed E-state index contributed by atoms with van der Waals surface area (Å²) in [5.74, 6) is -3.23. The van der Waals surface area contributed by atoms with Crippen molar-refractivity contribution in [2.24, 2.45) is 13.0 Å². The lowest BCUT2D eigenvalue weighted by Gasteiger charge is -2.19. The van der Waals surface area contributed by atoms with Gasteiger partial charge in [0.05, 0.1) is 35.4 Å². The molecule has 0 bridgehead atoms. The zero-order chi connectivity index (χ0) is 24.3. The van der Waals surface area contributed by atoms with Crippen LogP contribution in [0.4, 0.5) is 13.2 Å². The first-order valence-electron chi connectivity index (χ1n) is 9.55. The second-order valence-corrected chi connectivity index (χ2v) is 9.50. The third-order valence-electron chi connectivity index (χ3n) is 4.95. The number of amides is 1. The molecule has 0 fully saturated rings. The summed E-state index contributed by atoms with van der Waals surface area (Å²) in [6, 6.07) is 4.48. The van der Waals surface area contributed by atoms with Gasteiger partial charge in [-0.15, -0.1) is 0 Å². The summed E-state index contributed by atoms with van der Waals surface area (Å²) in [4.78, 5) is 27.7. The van der Waals surface area contributed by atoms with E-state index >= 15 is 0 Å². The van der Waals surface area contributed by atoms with E-state index in [2.05, 4.69) is 15.0 Å². The Hall–Kier alpha value is -2.67. The van der Waals surface area contributed by atoms with Crippen molar-refractivity contribution in [2.75, 3.05) is 27.7 Å². The van der Waals surface area contributed by atoms with Crippen LogP contribution in [0.25, 0.3) is 11.0 Å². The van der Waals surface area contributed by atoms with Gasteiger partial charge in [0.25, 0.3) is 0 Å². The highest BCUT2D eigenvalue weighted by molar-refractivity contribution is 7.89. The van der Waals surface area contributed by atoms with Crippen LogP contribution in [0.3, 0.4) is 0 Å². The predicted molar refractivity (Wildman–Crippen MR) is 109 cm³/mol. The van der Waals surface area contributed by atoms with Crippen LogP contribution in [0.15, 0.2) is 23.1 Å². The molecule has 0 radical (unpaired) electrons. The van der Waals surface area contributed by atoms with Crippen LogP contribution in [-0.2, 0) is 37.8 Å². The summed E-state index contributed by atoms with van der Waals surface area (Å²) in [6.07, 6.45) is -5.56. The van der Waals surface area contributed by atoms with Crippen molar-refractivity contribution in [3.8, 4) is 0 Å². The minimum atomic E-state index is -4.66. The number of hydrogen-bond donors (Lipinski definition) is 1. The summed E-state index contributed by atoms with van der Waals surface area (Å²) in [5, 5.41) is 2.20. The smallest absolute Gasteiger partial charge is 0.394 e.